The van der Waals surface area contributed by atoms with E-state index in [9.17, 15) is 9.59 Å². The largest absolute Gasteiger partial charge is 0.322 e. The van der Waals surface area contributed by atoms with E-state index in [1.807, 2.05) is 97.2 Å². The average Bonchev–Trinajstić information content (AvgIpc) is 3.18. The molecule has 0 radical (unpaired) electrons. The summed E-state index contributed by atoms with van der Waals surface area (Å²) in [6.45, 7) is 1.98. The second kappa shape index (κ2) is 9.41. The number of carbonyl (C=O) groups is 2. The molecule has 2 N–H and O–H groups in total. The summed E-state index contributed by atoms with van der Waals surface area (Å²) in [5.41, 5.74) is 4.90. The zero-order chi connectivity index (χ0) is 21.6. The number of anilines is 2. The van der Waals surface area contributed by atoms with Crippen LogP contribution in [0, 0.1) is 6.92 Å². The summed E-state index contributed by atoms with van der Waals surface area (Å²) in [4.78, 5) is 26.0. The molecule has 1 heterocycles. The molecule has 4 rings (SSSR count). The molecule has 0 aliphatic heterocycles. The quantitative estimate of drug-likeness (QED) is 0.388. The summed E-state index contributed by atoms with van der Waals surface area (Å²) >= 11 is 1.36. The predicted octanol–water partition coefficient (Wildman–Crippen LogP) is 6.16. The van der Waals surface area contributed by atoms with Crippen LogP contribution in [0.25, 0.3) is 11.1 Å². The molecular formula is C26H22N2O2S. The maximum atomic E-state index is 13.3. The zero-order valence-corrected chi connectivity index (χ0v) is 17.9. The van der Waals surface area contributed by atoms with Crippen molar-refractivity contribution in [1.82, 2.24) is 0 Å². The van der Waals surface area contributed by atoms with Crippen molar-refractivity contribution >= 4 is 33.8 Å². The molecule has 154 valence electrons. The van der Waals surface area contributed by atoms with E-state index in [-0.39, 0.29) is 18.2 Å². The van der Waals surface area contributed by atoms with Crippen LogP contribution in [0.15, 0.2) is 90.3 Å². The van der Waals surface area contributed by atoms with Gasteiger partial charge in [-0.3, -0.25) is 9.59 Å². The highest BCUT2D eigenvalue weighted by Crippen LogP contribution is 2.36. The van der Waals surface area contributed by atoms with E-state index in [2.05, 4.69) is 10.6 Å². The molecule has 0 atom stereocenters. The summed E-state index contributed by atoms with van der Waals surface area (Å²) in [6, 6.07) is 26.9. The Bertz CT molecular complexity index is 1200. The van der Waals surface area contributed by atoms with Gasteiger partial charge in [0.15, 0.2) is 0 Å². The van der Waals surface area contributed by atoms with Crippen molar-refractivity contribution < 1.29 is 9.59 Å². The Hall–Kier alpha value is -3.70. The molecule has 0 aliphatic carbocycles. The highest BCUT2D eigenvalue weighted by molar-refractivity contribution is 7.15. The Morgan fingerprint density at radius 1 is 0.839 bits per heavy atom. The van der Waals surface area contributed by atoms with Crippen LogP contribution in [0.3, 0.4) is 0 Å². The van der Waals surface area contributed by atoms with Crippen molar-refractivity contribution in [3.63, 3.8) is 0 Å². The lowest BCUT2D eigenvalue weighted by atomic mass is 10.0. The third-order valence-corrected chi connectivity index (χ3v) is 5.73. The maximum absolute atomic E-state index is 13.3. The minimum atomic E-state index is -0.249. The summed E-state index contributed by atoms with van der Waals surface area (Å²) in [6.07, 6.45) is 0.248. The molecule has 4 nitrogen and oxygen atoms in total. The fourth-order valence-electron chi connectivity index (χ4n) is 3.37. The minimum Gasteiger partial charge on any atom is -0.322 e. The van der Waals surface area contributed by atoms with E-state index in [1.54, 1.807) is 0 Å². The normalized spacial score (nSPS) is 10.5. The molecule has 0 saturated carbocycles. The summed E-state index contributed by atoms with van der Waals surface area (Å²) < 4.78 is 0. The number of amides is 2. The molecule has 3 aromatic carbocycles. The number of hydrogen-bond donors (Lipinski definition) is 2. The van der Waals surface area contributed by atoms with Crippen LogP contribution < -0.4 is 10.6 Å². The van der Waals surface area contributed by atoms with Crippen LogP contribution in [0.5, 0.6) is 0 Å². The van der Waals surface area contributed by atoms with Crippen molar-refractivity contribution in [1.29, 1.82) is 0 Å². The number of hydrogen-bond acceptors (Lipinski definition) is 3. The van der Waals surface area contributed by atoms with Crippen LogP contribution in [0.1, 0.15) is 21.5 Å². The molecule has 0 bridgehead atoms. The van der Waals surface area contributed by atoms with Gasteiger partial charge in [0.1, 0.15) is 5.00 Å². The first kappa shape index (κ1) is 20.6. The number of thiophene rings is 1. The summed E-state index contributed by atoms with van der Waals surface area (Å²) in [7, 11) is 0. The van der Waals surface area contributed by atoms with E-state index in [0.717, 1.165) is 27.9 Å². The summed E-state index contributed by atoms with van der Waals surface area (Å²) in [5.74, 6) is -0.405. The first-order valence-corrected chi connectivity index (χ1v) is 10.9. The second-order valence-electron chi connectivity index (χ2n) is 7.25. The van der Waals surface area contributed by atoms with Gasteiger partial charge in [-0.15, -0.1) is 11.3 Å². The molecule has 0 fully saturated rings. The van der Waals surface area contributed by atoms with Crippen molar-refractivity contribution in [2.45, 2.75) is 13.3 Å². The fourth-order valence-corrected chi connectivity index (χ4v) is 4.36. The lowest BCUT2D eigenvalue weighted by Crippen LogP contribution is -2.18. The van der Waals surface area contributed by atoms with E-state index < -0.39 is 0 Å². The number of carbonyl (C=O) groups excluding carboxylic acids is 2. The topological polar surface area (TPSA) is 58.2 Å². The standard InChI is InChI=1S/C26H22N2O2S/c1-18-9-8-14-21(15-18)27-25(30)24-22(20-12-6-3-7-13-20)17-31-26(24)28-23(29)16-19-10-4-2-5-11-19/h2-15,17H,16H2,1H3,(H,27,30)(H,28,29). The van der Waals surface area contributed by atoms with Gasteiger partial charge in [0.2, 0.25) is 5.91 Å². The number of aryl methyl sites for hydroxylation is 1. The number of benzene rings is 3. The second-order valence-corrected chi connectivity index (χ2v) is 8.13. The fraction of sp³-hybridized carbons (Fsp3) is 0.0769. The Balaban J connectivity index is 1.64. The first-order valence-electron chi connectivity index (χ1n) is 9.99. The van der Waals surface area contributed by atoms with Gasteiger partial charge >= 0.3 is 0 Å². The van der Waals surface area contributed by atoms with Crippen LogP contribution >= 0.6 is 11.3 Å². The smallest absolute Gasteiger partial charge is 0.259 e. The van der Waals surface area contributed by atoms with Crippen LogP contribution in [-0.2, 0) is 11.2 Å². The minimum absolute atomic E-state index is 0.155. The van der Waals surface area contributed by atoms with Gasteiger partial charge in [-0.25, -0.2) is 0 Å². The molecule has 5 heteroatoms. The maximum Gasteiger partial charge on any atom is 0.259 e. The zero-order valence-electron chi connectivity index (χ0n) is 17.1. The summed E-state index contributed by atoms with van der Waals surface area (Å²) in [5, 5.41) is 8.38. The molecule has 31 heavy (non-hydrogen) atoms. The third kappa shape index (κ3) is 5.08. The van der Waals surface area contributed by atoms with Gasteiger partial charge < -0.3 is 10.6 Å². The lowest BCUT2D eigenvalue weighted by molar-refractivity contribution is -0.115. The van der Waals surface area contributed by atoms with E-state index in [0.29, 0.717) is 10.6 Å². The van der Waals surface area contributed by atoms with Gasteiger partial charge in [0.25, 0.3) is 5.91 Å². The van der Waals surface area contributed by atoms with Gasteiger partial charge in [-0.05, 0) is 35.7 Å². The Labute approximate surface area is 185 Å². The molecule has 0 spiro atoms. The predicted molar refractivity (Wildman–Crippen MR) is 128 cm³/mol. The Kier molecular flexibility index (Phi) is 6.24. The molecule has 4 aromatic rings. The Morgan fingerprint density at radius 3 is 2.26 bits per heavy atom. The number of rotatable bonds is 6. The van der Waals surface area contributed by atoms with E-state index in [1.165, 1.54) is 11.3 Å². The monoisotopic (exact) mass is 426 g/mol. The highest BCUT2D eigenvalue weighted by Gasteiger charge is 2.22. The van der Waals surface area contributed by atoms with E-state index >= 15 is 0 Å². The molecule has 2 amide bonds. The lowest BCUT2D eigenvalue weighted by Gasteiger charge is -2.11. The molecule has 0 saturated heterocycles. The first-order chi connectivity index (χ1) is 15.1. The third-order valence-electron chi connectivity index (χ3n) is 4.84. The van der Waals surface area contributed by atoms with Gasteiger partial charge in [-0.1, -0.05) is 72.8 Å². The molecule has 0 unspecified atom stereocenters. The van der Waals surface area contributed by atoms with Crippen LogP contribution in [0.2, 0.25) is 0 Å². The average molecular weight is 427 g/mol. The van der Waals surface area contributed by atoms with Gasteiger partial charge in [0.05, 0.1) is 12.0 Å². The van der Waals surface area contributed by atoms with Crippen molar-refractivity contribution in [3.05, 3.63) is 107 Å². The van der Waals surface area contributed by atoms with Crippen molar-refractivity contribution in [3.8, 4) is 11.1 Å². The number of nitrogens with one attached hydrogen (secondary N) is 2. The Morgan fingerprint density at radius 2 is 1.55 bits per heavy atom. The molecule has 1 aromatic heterocycles. The van der Waals surface area contributed by atoms with Crippen LogP contribution in [0.4, 0.5) is 10.7 Å². The van der Waals surface area contributed by atoms with Gasteiger partial charge in [-0.2, -0.15) is 0 Å². The SMILES string of the molecule is Cc1cccc(NC(=O)c2c(-c3ccccc3)csc2NC(=O)Cc2ccccc2)c1. The molecular weight excluding hydrogens is 404 g/mol. The van der Waals surface area contributed by atoms with Gasteiger partial charge in [0, 0.05) is 16.6 Å². The van der Waals surface area contributed by atoms with Crippen molar-refractivity contribution in [2.24, 2.45) is 0 Å². The molecule has 0 aliphatic rings. The highest BCUT2D eigenvalue weighted by atomic mass is 32.1. The van der Waals surface area contributed by atoms with Crippen molar-refractivity contribution in [2.75, 3.05) is 10.6 Å². The van der Waals surface area contributed by atoms with E-state index in [4.69, 9.17) is 0 Å². The van der Waals surface area contributed by atoms with Crippen LogP contribution in [-0.4, -0.2) is 11.8 Å².